The SMILES string of the molecule is CC(C)Oc1cccc(/C=C/C(=O)NC2CCCNC2)c1. The predicted octanol–water partition coefficient (Wildman–Crippen LogP) is 2.36. The van der Waals surface area contributed by atoms with Gasteiger partial charge in [0.2, 0.25) is 5.91 Å². The minimum absolute atomic E-state index is 0.0427. The number of piperidine rings is 1. The van der Waals surface area contributed by atoms with Gasteiger partial charge in [-0.1, -0.05) is 12.1 Å². The third kappa shape index (κ3) is 5.60. The van der Waals surface area contributed by atoms with E-state index in [4.69, 9.17) is 4.74 Å². The van der Waals surface area contributed by atoms with Crippen molar-refractivity contribution in [3.05, 3.63) is 35.9 Å². The highest BCUT2D eigenvalue weighted by Gasteiger charge is 2.13. The molecule has 1 aromatic carbocycles. The van der Waals surface area contributed by atoms with Crippen LogP contribution in [0, 0.1) is 0 Å². The van der Waals surface area contributed by atoms with E-state index in [1.807, 2.05) is 44.2 Å². The number of nitrogens with one attached hydrogen (secondary N) is 2. The van der Waals surface area contributed by atoms with Crippen molar-refractivity contribution in [2.24, 2.45) is 0 Å². The number of hydrogen-bond donors (Lipinski definition) is 2. The Bertz CT molecular complexity index is 491. The Balaban J connectivity index is 1.88. The van der Waals surface area contributed by atoms with E-state index >= 15 is 0 Å². The molecule has 0 bridgehead atoms. The van der Waals surface area contributed by atoms with Crippen LogP contribution in [-0.4, -0.2) is 31.1 Å². The smallest absolute Gasteiger partial charge is 0.244 e. The molecule has 0 radical (unpaired) electrons. The number of amides is 1. The van der Waals surface area contributed by atoms with E-state index in [1.54, 1.807) is 6.08 Å². The fraction of sp³-hybridized carbons (Fsp3) is 0.471. The molecule has 0 aliphatic carbocycles. The second-order valence-corrected chi connectivity index (χ2v) is 5.62. The average Bonchev–Trinajstić information content (AvgIpc) is 2.46. The van der Waals surface area contributed by atoms with Gasteiger partial charge in [-0.15, -0.1) is 0 Å². The molecule has 4 nitrogen and oxygen atoms in total. The van der Waals surface area contributed by atoms with Crippen molar-refractivity contribution in [3.8, 4) is 5.75 Å². The van der Waals surface area contributed by atoms with E-state index in [1.165, 1.54) is 0 Å². The normalized spacial score (nSPS) is 18.9. The quantitative estimate of drug-likeness (QED) is 0.818. The summed E-state index contributed by atoms with van der Waals surface area (Å²) in [6, 6.07) is 7.99. The van der Waals surface area contributed by atoms with Gasteiger partial charge in [-0.05, 0) is 57.0 Å². The first kappa shape index (κ1) is 15.6. The summed E-state index contributed by atoms with van der Waals surface area (Å²) in [7, 11) is 0. The number of carbonyl (C=O) groups is 1. The highest BCUT2D eigenvalue weighted by atomic mass is 16.5. The van der Waals surface area contributed by atoms with Crippen LogP contribution in [0.5, 0.6) is 5.75 Å². The summed E-state index contributed by atoms with van der Waals surface area (Å²) in [5.74, 6) is 0.780. The fourth-order valence-electron chi connectivity index (χ4n) is 2.36. The Morgan fingerprint density at radius 1 is 1.48 bits per heavy atom. The molecular formula is C17H24N2O2. The van der Waals surface area contributed by atoms with Crippen molar-refractivity contribution >= 4 is 12.0 Å². The Morgan fingerprint density at radius 3 is 3.05 bits per heavy atom. The zero-order valence-electron chi connectivity index (χ0n) is 12.8. The maximum Gasteiger partial charge on any atom is 0.244 e. The summed E-state index contributed by atoms with van der Waals surface area (Å²) in [4.78, 5) is 11.9. The van der Waals surface area contributed by atoms with Gasteiger partial charge < -0.3 is 15.4 Å². The van der Waals surface area contributed by atoms with Gasteiger partial charge in [0.1, 0.15) is 5.75 Å². The van der Waals surface area contributed by atoms with E-state index in [0.717, 1.165) is 37.2 Å². The maximum atomic E-state index is 11.9. The second kappa shape index (κ2) is 7.84. The summed E-state index contributed by atoms with van der Waals surface area (Å²) in [5.41, 5.74) is 0.963. The van der Waals surface area contributed by atoms with Gasteiger partial charge in [0.25, 0.3) is 0 Å². The molecule has 1 saturated heterocycles. The Morgan fingerprint density at radius 2 is 2.33 bits per heavy atom. The van der Waals surface area contributed by atoms with Gasteiger partial charge in [0, 0.05) is 18.7 Å². The van der Waals surface area contributed by atoms with Crippen molar-refractivity contribution in [2.75, 3.05) is 13.1 Å². The lowest BCUT2D eigenvalue weighted by Gasteiger charge is -2.23. The molecule has 1 aliphatic heterocycles. The molecule has 4 heteroatoms. The summed E-state index contributed by atoms with van der Waals surface area (Å²) in [5, 5.41) is 6.30. The predicted molar refractivity (Wildman–Crippen MR) is 85.3 cm³/mol. The molecule has 1 heterocycles. The molecule has 1 amide bonds. The van der Waals surface area contributed by atoms with Crippen LogP contribution in [0.2, 0.25) is 0 Å². The summed E-state index contributed by atoms with van der Waals surface area (Å²) < 4.78 is 5.64. The van der Waals surface area contributed by atoms with Crippen LogP contribution < -0.4 is 15.4 Å². The molecule has 2 rings (SSSR count). The van der Waals surface area contributed by atoms with Crippen LogP contribution in [0.1, 0.15) is 32.3 Å². The average molecular weight is 288 g/mol. The van der Waals surface area contributed by atoms with Gasteiger partial charge in [0.15, 0.2) is 0 Å². The van der Waals surface area contributed by atoms with Crippen molar-refractivity contribution in [1.82, 2.24) is 10.6 Å². The zero-order valence-corrected chi connectivity index (χ0v) is 12.8. The second-order valence-electron chi connectivity index (χ2n) is 5.62. The third-order valence-corrected chi connectivity index (χ3v) is 3.30. The lowest BCUT2D eigenvalue weighted by molar-refractivity contribution is -0.117. The van der Waals surface area contributed by atoms with Crippen LogP contribution in [0.25, 0.3) is 6.08 Å². The Kier molecular flexibility index (Phi) is 5.81. The van der Waals surface area contributed by atoms with E-state index in [9.17, 15) is 4.79 Å². The number of hydrogen-bond acceptors (Lipinski definition) is 3. The van der Waals surface area contributed by atoms with Crippen LogP contribution in [0.4, 0.5) is 0 Å². The van der Waals surface area contributed by atoms with Crippen molar-refractivity contribution in [1.29, 1.82) is 0 Å². The number of carbonyl (C=O) groups excluding carboxylic acids is 1. The van der Waals surface area contributed by atoms with Crippen LogP contribution in [-0.2, 0) is 4.79 Å². The largest absolute Gasteiger partial charge is 0.491 e. The Labute approximate surface area is 126 Å². The lowest BCUT2D eigenvalue weighted by Crippen LogP contribution is -2.45. The van der Waals surface area contributed by atoms with Crippen molar-refractivity contribution in [3.63, 3.8) is 0 Å². The lowest BCUT2D eigenvalue weighted by atomic mass is 10.1. The van der Waals surface area contributed by atoms with Gasteiger partial charge in [-0.25, -0.2) is 0 Å². The Hall–Kier alpha value is -1.81. The molecule has 1 aliphatic rings. The highest BCUT2D eigenvalue weighted by Crippen LogP contribution is 2.15. The number of rotatable bonds is 5. The summed E-state index contributed by atoms with van der Waals surface area (Å²) in [6.07, 6.45) is 5.71. The molecule has 1 atom stereocenters. The third-order valence-electron chi connectivity index (χ3n) is 3.30. The first-order valence-electron chi connectivity index (χ1n) is 7.59. The number of benzene rings is 1. The van der Waals surface area contributed by atoms with E-state index < -0.39 is 0 Å². The highest BCUT2D eigenvalue weighted by molar-refractivity contribution is 5.91. The molecule has 0 aromatic heterocycles. The first-order chi connectivity index (χ1) is 10.1. The standard InChI is InChI=1S/C17H24N2O2/c1-13(2)21-16-7-3-5-14(11-16)8-9-17(20)19-15-6-4-10-18-12-15/h3,5,7-9,11,13,15,18H,4,6,10,12H2,1-2H3,(H,19,20)/b9-8+. The van der Waals surface area contributed by atoms with E-state index in [0.29, 0.717) is 0 Å². The molecule has 1 fully saturated rings. The zero-order chi connectivity index (χ0) is 15.1. The molecule has 2 N–H and O–H groups in total. The van der Waals surface area contributed by atoms with E-state index in [-0.39, 0.29) is 18.1 Å². The topological polar surface area (TPSA) is 50.4 Å². The minimum Gasteiger partial charge on any atom is -0.491 e. The van der Waals surface area contributed by atoms with Crippen LogP contribution in [0.3, 0.4) is 0 Å². The molecular weight excluding hydrogens is 264 g/mol. The fourth-order valence-corrected chi connectivity index (χ4v) is 2.36. The maximum absolute atomic E-state index is 11.9. The monoisotopic (exact) mass is 288 g/mol. The van der Waals surface area contributed by atoms with Crippen LogP contribution >= 0.6 is 0 Å². The first-order valence-corrected chi connectivity index (χ1v) is 7.59. The van der Waals surface area contributed by atoms with Crippen LogP contribution in [0.15, 0.2) is 30.3 Å². The van der Waals surface area contributed by atoms with E-state index in [2.05, 4.69) is 10.6 Å². The molecule has 0 spiro atoms. The molecule has 114 valence electrons. The van der Waals surface area contributed by atoms with Gasteiger partial charge in [0.05, 0.1) is 6.10 Å². The summed E-state index contributed by atoms with van der Waals surface area (Å²) >= 11 is 0. The van der Waals surface area contributed by atoms with Gasteiger partial charge in [-0.2, -0.15) is 0 Å². The molecule has 1 unspecified atom stereocenters. The molecule has 1 aromatic rings. The van der Waals surface area contributed by atoms with Crippen molar-refractivity contribution in [2.45, 2.75) is 38.8 Å². The number of ether oxygens (including phenoxy) is 1. The van der Waals surface area contributed by atoms with Crippen molar-refractivity contribution < 1.29 is 9.53 Å². The van der Waals surface area contributed by atoms with Gasteiger partial charge in [-0.3, -0.25) is 4.79 Å². The molecule has 21 heavy (non-hydrogen) atoms. The van der Waals surface area contributed by atoms with Gasteiger partial charge >= 0.3 is 0 Å². The molecule has 0 saturated carbocycles. The summed E-state index contributed by atoms with van der Waals surface area (Å²) in [6.45, 7) is 5.89. The minimum atomic E-state index is -0.0427.